The van der Waals surface area contributed by atoms with Gasteiger partial charge in [-0.05, 0) is 18.2 Å². The molecule has 1 amide bonds. The number of carbonyl (C=O) groups is 1. The van der Waals surface area contributed by atoms with Crippen molar-refractivity contribution in [1.29, 1.82) is 0 Å². The maximum absolute atomic E-state index is 12.3. The molecule has 0 aliphatic heterocycles. The van der Waals surface area contributed by atoms with Crippen LogP contribution in [-0.4, -0.2) is 20.3 Å². The third-order valence-electron chi connectivity index (χ3n) is 3.46. The summed E-state index contributed by atoms with van der Waals surface area (Å²) in [6.07, 6.45) is 8.26. The van der Waals surface area contributed by atoms with E-state index in [0.29, 0.717) is 17.0 Å². The van der Waals surface area contributed by atoms with Crippen LogP contribution < -0.4 is 5.32 Å². The van der Waals surface area contributed by atoms with E-state index in [4.69, 9.17) is 4.42 Å². The lowest BCUT2D eigenvalue weighted by Crippen LogP contribution is -2.10. The van der Waals surface area contributed by atoms with Gasteiger partial charge in [-0.3, -0.25) is 14.2 Å². The Bertz CT molecular complexity index is 972. The fourth-order valence-electron chi connectivity index (χ4n) is 2.34. The van der Waals surface area contributed by atoms with Crippen molar-refractivity contribution in [1.82, 2.24) is 14.4 Å². The Morgan fingerprint density at radius 1 is 1.17 bits per heavy atom. The van der Waals surface area contributed by atoms with E-state index in [0.717, 1.165) is 11.4 Å². The third kappa shape index (κ3) is 2.46. The van der Waals surface area contributed by atoms with Crippen molar-refractivity contribution in [3.05, 3.63) is 73.0 Å². The first-order valence-corrected chi connectivity index (χ1v) is 7.03. The fourth-order valence-corrected chi connectivity index (χ4v) is 2.34. The van der Waals surface area contributed by atoms with Gasteiger partial charge in [-0.2, -0.15) is 0 Å². The molecule has 0 unspecified atom stereocenters. The number of hydrogen-bond acceptors (Lipinski definition) is 4. The number of benzene rings is 1. The number of carbonyl (C=O) groups excluding carboxylic acids is 1. The fraction of sp³-hybridized carbons (Fsp3) is 0. The summed E-state index contributed by atoms with van der Waals surface area (Å²) in [5.41, 5.74) is 2.67. The number of nitrogens with zero attached hydrogens (tertiary/aromatic N) is 3. The smallest absolute Gasteiger partial charge is 0.258 e. The van der Waals surface area contributed by atoms with Crippen LogP contribution >= 0.6 is 0 Å². The molecule has 6 heteroatoms. The summed E-state index contributed by atoms with van der Waals surface area (Å²) in [4.78, 5) is 20.5. The largest absolute Gasteiger partial charge is 0.462 e. The van der Waals surface area contributed by atoms with Crippen LogP contribution in [0.5, 0.6) is 0 Å². The molecule has 0 saturated heterocycles. The number of amides is 1. The number of rotatable bonds is 3. The van der Waals surface area contributed by atoms with Gasteiger partial charge in [-0.1, -0.05) is 18.2 Å². The topological polar surface area (TPSA) is 72.4 Å². The van der Waals surface area contributed by atoms with Crippen molar-refractivity contribution in [2.75, 3.05) is 5.32 Å². The van der Waals surface area contributed by atoms with Crippen molar-refractivity contribution < 1.29 is 9.21 Å². The molecule has 6 nitrogen and oxygen atoms in total. The van der Waals surface area contributed by atoms with Gasteiger partial charge in [0.15, 0.2) is 11.4 Å². The Balaban J connectivity index is 1.63. The normalized spacial score (nSPS) is 10.8. The molecule has 112 valence electrons. The van der Waals surface area contributed by atoms with Crippen molar-refractivity contribution >= 4 is 17.2 Å². The van der Waals surface area contributed by atoms with Crippen molar-refractivity contribution in [3.63, 3.8) is 0 Å². The summed E-state index contributed by atoms with van der Waals surface area (Å²) in [6.45, 7) is 0. The summed E-state index contributed by atoms with van der Waals surface area (Å²) in [5, 5.41) is 2.82. The van der Waals surface area contributed by atoms with Crippen LogP contribution in [-0.2, 0) is 0 Å². The lowest BCUT2D eigenvalue weighted by atomic mass is 10.2. The Morgan fingerprint density at radius 2 is 2.04 bits per heavy atom. The number of nitrogens with one attached hydrogen (secondary N) is 1. The van der Waals surface area contributed by atoms with Crippen LogP contribution in [0.1, 0.15) is 10.4 Å². The summed E-state index contributed by atoms with van der Waals surface area (Å²) in [6, 6.07) is 11.0. The minimum Gasteiger partial charge on any atom is -0.462 e. The van der Waals surface area contributed by atoms with Gasteiger partial charge in [0.2, 0.25) is 0 Å². The molecule has 4 rings (SSSR count). The van der Waals surface area contributed by atoms with E-state index < -0.39 is 0 Å². The predicted octanol–water partition coefficient (Wildman–Crippen LogP) is 3.24. The molecule has 1 aromatic carbocycles. The summed E-state index contributed by atoms with van der Waals surface area (Å²) in [5.74, 6) is 0.351. The van der Waals surface area contributed by atoms with Gasteiger partial charge in [0.1, 0.15) is 12.0 Å². The number of hydrogen-bond donors (Lipinski definition) is 1. The number of fused-ring (bicyclic) bond motifs is 1. The standard InChI is InChI=1S/C17H12N4O2/c22-17(20-13-4-2-1-3-5-13)12-8-15(23-11-12)14-9-19-16-10-18-6-7-21(14)16/h1-11H,(H,20,22). The number of para-hydroxylation sites is 1. The second-order valence-electron chi connectivity index (χ2n) is 4.97. The summed E-state index contributed by atoms with van der Waals surface area (Å²) >= 11 is 0. The first-order valence-electron chi connectivity index (χ1n) is 7.03. The van der Waals surface area contributed by atoms with Crippen molar-refractivity contribution in [2.24, 2.45) is 0 Å². The molecular weight excluding hydrogens is 292 g/mol. The average Bonchev–Trinajstić information content (AvgIpc) is 3.22. The summed E-state index contributed by atoms with van der Waals surface area (Å²) in [7, 11) is 0. The van der Waals surface area contributed by atoms with Gasteiger partial charge in [-0.15, -0.1) is 0 Å². The van der Waals surface area contributed by atoms with Crippen molar-refractivity contribution in [2.45, 2.75) is 0 Å². The minimum absolute atomic E-state index is 0.221. The Hall–Kier alpha value is -3.41. The predicted molar refractivity (Wildman–Crippen MR) is 85.1 cm³/mol. The second-order valence-corrected chi connectivity index (χ2v) is 4.97. The van der Waals surface area contributed by atoms with Gasteiger partial charge in [-0.25, -0.2) is 4.98 Å². The highest BCUT2D eigenvalue weighted by atomic mass is 16.3. The molecule has 0 aliphatic rings. The van der Waals surface area contributed by atoms with E-state index in [1.54, 1.807) is 30.9 Å². The molecule has 3 aromatic heterocycles. The number of furan rings is 1. The van der Waals surface area contributed by atoms with Crippen LogP contribution in [0, 0.1) is 0 Å². The lowest BCUT2D eigenvalue weighted by molar-refractivity contribution is 0.102. The molecular formula is C17H12N4O2. The molecule has 0 radical (unpaired) electrons. The highest BCUT2D eigenvalue weighted by Gasteiger charge is 2.14. The first-order chi connectivity index (χ1) is 11.3. The first kappa shape index (κ1) is 13.3. The zero-order chi connectivity index (χ0) is 15.6. The van der Waals surface area contributed by atoms with Gasteiger partial charge in [0, 0.05) is 18.1 Å². The maximum Gasteiger partial charge on any atom is 0.258 e. The highest BCUT2D eigenvalue weighted by Crippen LogP contribution is 2.23. The van der Waals surface area contributed by atoms with Crippen LogP contribution in [0.3, 0.4) is 0 Å². The average molecular weight is 304 g/mol. The van der Waals surface area contributed by atoms with E-state index in [1.807, 2.05) is 34.7 Å². The molecule has 3 heterocycles. The van der Waals surface area contributed by atoms with E-state index in [9.17, 15) is 4.79 Å². The van der Waals surface area contributed by atoms with Crippen molar-refractivity contribution in [3.8, 4) is 11.5 Å². The molecule has 0 aliphatic carbocycles. The number of aromatic nitrogens is 3. The molecule has 0 atom stereocenters. The lowest BCUT2D eigenvalue weighted by Gasteiger charge is -2.01. The molecule has 23 heavy (non-hydrogen) atoms. The molecule has 4 aromatic rings. The van der Waals surface area contributed by atoms with E-state index in [2.05, 4.69) is 15.3 Å². The van der Waals surface area contributed by atoms with Crippen LogP contribution in [0.2, 0.25) is 0 Å². The van der Waals surface area contributed by atoms with E-state index >= 15 is 0 Å². The van der Waals surface area contributed by atoms with Gasteiger partial charge >= 0.3 is 0 Å². The Labute approximate surface area is 131 Å². The minimum atomic E-state index is -0.221. The maximum atomic E-state index is 12.3. The summed E-state index contributed by atoms with van der Waals surface area (Å²) < 4.78 is 7.39. The quantitative estimate of drug-likeness (QED) is 0.630. The Kier molecular flexibility index (Phi) is 3.12. The zero-order valence-electron chi connectivity index (χ0n) is 12.0. The second kappa shape index (κ2) is 5.42. The van der Waals surface area contributed by atoms with Crippen LogP contribution in [0.15, 0.2) is 71.9 Å². The monoisotopic (exact) mass is 304 g/mol. The molecule has 0 saturated carbocycles. The SMILES string of the molecule is O=C(Nc1ccccc1)c1coc(-c2cnc3cnccn23)c1. The van der Waals surface area contributed by atoms with Gasteiger partial charge in [0.25, 0.3) is 5.91 Å². The van der Waals surface area contributed by atoms with Crippen LogP contribution in [0.25, 0.3) is 17.1 Å². The van der Waals surface area contributed by atoms with Gasteiger partial charge in [0.05, 0.1) is 18.0 Å². The van der Waals surface area contributed by atoms with E-state index in [1.165, 1.54) is 6.26 Å². The molecule has 0 spiro atoms. The highest BCUT2D eigenvalue weighted by molar-refractivity contribution is 6.04. The molecule has 1 N–H and O–H groups in total. The van der Waals surface area contributed by atoms with Gasteiger partial charge < -0.3 is 9.73 Å². The van der Waals surface area contributed by atoms with E-state index in [-0.39, 0.29) is 5.91 Å². The number of imidazole rings is 1. The Morgan fingerprint density at radius 3 is 2.91 bits per heavy atom. The zero-order valence-corrected chi connectivity index (χ0v) is 12.0. The third-order valence-corrected chi connectivity index (χ3v) is 3.46. The van der Waals surface area contributed by atoms with Crippen LogP contribution in [0.4, 0.5) is 5.69 Å². The molecule has 0 fully saturated rings. The molecule has 0 bridgehead atoms. The number of anilines is 1.